The molecule has 3 N–H and O–H groups in total. The number of fused-ring (bicyclic) bond motifs is 1. The molecule has 2 nitrogen and oxygen atoms in total. The molecule has 0 saturated carbocycles. The minimum atomic E-state index is 0.358. The van der Waals surface area contributed by atoms with Crippen molar-refractivity contribution in [3.8, 4) is 5.75 Å². The molecule has 0 aliphatic carbocycles. The second kappa shape index (κ2) is 5.39. The first-order valence-electron chi connectivity index (χ1n) is 5.82. The van der Waals surface area contributed by atoms with Gasteiger partial charge in [-0.2, -0.15) is 0 Å². The van der Waals surface area contributed by atoms with E-state index >= 15 is 0 Å². The van der Waals surface area contributed by atoms with Gasteiger partial charge in [-0.05, 0) is 54.8 Å². The number of aryl methyl sites for hydroxylation is 1. The highest BCUT2D eigenvalue weighted by molar-refractivity contribution is 6.31. The molecule has 0 aliphatic heterocycles. The van der Waals surface area contributed by atoms with Crippen LogP contribution in [0.1, 0.15) is 18.4 Å². The lowest BCUT2D eigenvalue weighted by molar-refractivity contribution is 0.468. The summed E-state index contributed by atoms with van der Waals surface area (Å²) < 4.78 is 0. The van der Waals surface area contributed by atoms with Crippen LogP contribution >= 0.6 is 11.6 Å². The Morgan fingerprint density at radius 1 is 1.12 bits per heavy atom. The molecule has 17 heavy (non-hydrogen) atoms. The van der Waals surface area contributed by atoms with E-state index in [-0.39, 0.29) is 0 Å². The van der Waals surface area contributed by atoms with Gasteiger partial charge in [-0.3, -0.25) is 0 Å². The molecule has 0 bridgehead atoms. The second-order valence-corrected chi connectivity index (χ2v) is 4.61. The number of halogens is 1. The maximum Gasteiger partial charge on any atom is 0.119 e. The van der Waals surface area contributed by atoms with Crippen molar-refractivity contribution >= 4 is 22.4 Å². The maximum atomic E-state index is 9.91. The monoisotopic (exact) mass is 249 g/mol. The molecule has 3 heteroatoms. The van der Waals surface area contributed by atoms with E-state index in [1.54, 1.807) is 6.07 Å². The Morgan fingerprint density at radius 3 is 2.71 bits per heavy atom. The highest BCUT2D eigenvalue weighted by Gasteiger charge is 2.06. The Hall–Kier alpha value is -1.25. The molecule has 0 aromatic heterocycles. The molecule has 0 heterocycles. The summed E-state index contributed by atoms with van der Waals surface area (Å²) in [5.41, 5.74) is 6.48. The van der Waals surface area contributed by atoms with Gasteiger partial charge in [0, 0.05) is 10.6 Å². The molecule has 0 aliphatic rings. The highest BCUT2D eigenvalue weighted by Crippen LogP contribution is 2.30. The summed E-state index contributed by atoms with van der Waals surface area (Å²) in [5.74, 6) is 0.358. The Labute approximate surface area is 106 Å². The minimum absolute atomic E-state index is 0.358. The number of rotatable bonds is 4. The van der Waals surface area contributed by atoms with E-state index in [1.165, 1.54) is 0 Å². The Balaban J connectivity index is 2.41. The molecule has 0 atom stereocenters. The number of hydrogen-bond acceptors (Lipinski definition) is 2. The number of phenolic OH excluding ortho intramolecular Hbond substituents is 1. The zero-order valence-corrected chi connectivity index (χ0v) is 10.4. The van der Waals surface area contributed by atoms with E-state index in [9.17, 15) is 5.11 Å². The lowest BCUT2D eigenvalue weighted by Crippen LogP contribution is -1.99. The van der Waals surface area contributed by atoms with Crippen molar-refractivity contribution in [3.63, 3.8) is 0 Å². The first-order valence-corrected chi connectivity index (χ1v) is 6.20. The summed E-state index contributed by atoms with van der Waals surface area (Å²) in [7, 11) is 0. The van der Waals surface area contributed by atoms with Gasteiger partial charge in [0.25, 0.3) is 0 Å². The van der Waals surface area contributed by atoms with Crippen LogP contribution in [0.3, 0.4) is 0 Å². The molecule has 0 unspecified atom stereocenters. The fourth-order valence-electron chi connectivity index (χ4n) is 2.06. The molecular weight excluding hydrogens is 234 g/mol. The molecule has 0 fully saturated rings. The molecule has 0 radical (unpaired) electrons. The lowest BCUT2D eigenvalue weighted by atomic mass is 9.99. The van der Waals surface area contributed by atoms with Crippen molar-refractivity contribution < 1.29 is 5.11 Å². The molecular formula is C14H16ClNO. The van der Waals surface area contributed by atoms with Gasteiger partial charge in [0.2, 0.25) is 0 Å². The first-order chi connectivity index (χ1) is 8.22. The average Bonchev–Trinajstić information content (AvgIpc) is 2.32. The van der Waals surface area contributed by atoms with E-state index in [2.05, 4.69) is 0 Å². The van der Waals surface area contributed by atoms with E-state index in [1.807, 2.05) is 24.3 Å². The Bertz CT molecular complexity index is 525. The van der Waals surface area contributed by atoms with Crippen molar-refractivity contribution in [1.82, 2.24) is 0 Å². The largest absolute Gasteiger partial charge is 0.508 e. The van der Waals surface area contributed by atoms with Gasteiger partial charge >= 0.3 is 0 Å². The standard InChI is InChI=1S/C14H16ClNO/c15-11-5-6-12-10(9-11)4-7-14(17)13(12)3-1-2-8-16/h4-7,9,17H,1-3,8,16H2. The third kappa shape index (κ3) is 2.71. The summed E-state index contributed by atoms with van der Waals surface area (Å²) in [4.78, 5) is 0. The third-order valence-corrected chi connectivity index (χ3v) is 3.18. The first kappa shape index (κ1) is 12.2. The summed E-state index contributed by atoms with van der Waals surface area (Å²) in [6.45, 7) is 0.692. The number of unbranched alkanes of at least 4 members (excludes halogenated alkanes) is 1. The summed E-state index contributed by atoms with van der Waals surface area (Å²) >= 11 is 5.96. The quantitative estimate of drug-likeness (QED) is 0.815. The topological polar surface area (TPSA) is 46.2 Å². The van der Waals surface area contributed by atoms with Gasteiger partial charge in [0.05, 0.1) is 0 Å². The van der Waals surface area contributed by atoms with Crippen molar-refractivity contribution in [2.24, 2.45) is 5.73 Å². The number of hydrogen-bond donors (Lipinski definition) is 2. The van der Waals surface area contributed by atoms with Crippen molar-refractivity contribution in [2.45, 2.75) is 19.3 Å². The molecule has 2 aromatic rings. The van der Waals surface area contributed by atoms with Gasteiger partial charge in [0.1, 0.15) is 5.75 Å². The summed E-state index contributed by atoms with van der Waals surface area (Å²) in [6.07, 6.45) is 2.82. The van der Waals surface area contributed by atoms with Crippen LogP contribution in [0.15, 0.2) is 30.3 Å². The van der Waals surface area contributed by atoms with Gasteiger partial charge in [-0.1, -0.05) is 23.7 Å². The van der Waals surface area contributed by atoms with Crippen molar-refractivity contribution in [2.75, 3.05) is 6.54 Å². The summed E-state index contributed by atoms with van der Waals surface area (Å²) in [6, 6.07) is 9.37. The predicted octanol–water partition coefficient (Wildman–Crippen LogP) is 3.48. The van der Waals surface area contributed by atoms with Crippen LogP contribution < -0.4 is 5.73 Å². The summed E-state index contributed by atoms with van der Waals surface area (Å²) in [5, 5.41) is 12.8. The predicted molar refractivity (Wildman–Crippen MR) is 72.6 cm³/mol. The molecule has 90 valence electrons. The van der Waals surface area contributed by atoms with Crippen molar-refractivity contribution in [3.05, 3.63) is 40.9 Å². The third-order valence-electron chi connectivity index (χ3n) is 2.95. The normalized spacial score (nSPS) is 10.9. The van der Waals surface area contributed by atoms with Crippen LogP contribution in [0.25, 0.3) is 10.8 Å². The maximum absolute atomic E-state index is 9.91. The lowest BCUT2D eigenvalue weighted by Gasteiger charge is -2.09. The fourth-order valence-corrected chi connectivity index (χ4v) is 2.24. The molecule has 2 aromatic carbocycles. The number of nitrogens with two attached hydrogens (primary N) is 1. The Morgan fingerprint density at radius 2 is 1.94 bits per heavy atom. The van der Waals surface area contributed by atoms with Gasteiger partial charge in [-0.25, -0.2) is 0 Å². The molecule has 0 saturated heterocycles. The fraction of sp³-hybridized carbons (Fsp3) is 0.286. The number of benzene rings is 2. The van der Waals surface area contributed by atoms with Crippen LogP contribution in [0.4, 0.5) is 0 Å². The zero-order valence-electron chi connectivity index (χ0n) is 9.62. The highest BCUT2D eigenvalue weighted by atomic mass is 35.5. The van der Waals surface area contributed by atoms with Crippen LogP contribution in [-0.2, 0) is 6.42 Å². The van der Waals surface area contributed by atoms with Crippen LogP contribution in [0.2, 0.25) is 5.02 Å². The second-order valence-electron chi connectivity index (χ2n) is 4.17. The number of aromatic hydroxyl groups is 1. The van der Waals surface area contributed by atoms with Crippen LogP contribution in [0.5, 0.6) is 5.75 Å². The molecule has 2 rings (SSSR count). The SMILES string of the molecule is NCCCCc1c(O)ccc2cc(Cl)ccc12. The van der Waals surface area contributed by atoms with Crippen molar-refractivity contribution in [1.29, 1.82) is 0 Å². The van der Waals surface area contributed by atoms with E-state index < -0.39 is 0 Å². The van der Waals surface area contributed by atoms with Gasteiger partial charge in [0.15, 0.2) is 0 Å². The van der Waals surface area contributed by atoms with Crippen LogP contribution in [-0.4, -0.2) is 11.7 Å². The smallest absolute Gasteiger partial charge is 0.119 e. The van der Waals surface area contributed by atoms with E-state index in [0.717, 1.165) is 40.6 Å². The zero-order chi connectivity index (χ0) is 12.3. The van der Waals surface area contributed by atoms with E-state index in [0.29, 0.717) is 12.3 Å². The van der Waals surface area contributed by atoms with Gasteiger partial charge < -0.3 is 10.8 Å². The van der Waals surface area contributed by atoms with E-state index in [4.69, 9.17) is 17.3 Å². The molecule has 0 spiro atoms. The van der Waals surface area contributed by atoms with Gasteiger partial charge in [-0.15, -0.1) is 0 Å². The van der Waals surface area contributed by atoms with Crippen LogP contribution in [0, 0.1) is 0 Å². The minimum Gasteiger partial charge on any atom is -0.508 e. The number of phenols is 1. The average molecular weight is 250 g/mol. The Kier molecular flexibility index (Phi) is 3.87. The molecule has 0 amide bonds.